The lowest BCUT2D eigenvalue weighted by molar-refractivity contribution is -0.122. The highest BCUT2D eigenvalue weighted by atomic mass is 16.1. The number of aliphatic imine (C=N–C) groups is 1. The highest BCUT2D eigenvalue weighted by Crippen LogP contribution is 2.27. The van der Waals surface area contributed by atoms with Crippen molar-refractivity contribution in [3.8, 4) is 0 Å². The second-order valence-electron chi connectivity index (χ2n) is 5.82. The van der Waals surface area contributed by atoms with Crippen LogP contribution in [0.4, 0.5) is 0 Å². The first-order valence-corrected chi connectivity index (χ1v) is 7.45. The minimum atomic E-state index is -1.07. The van der Waals surface area contributed by atoms with Crippen LogP contribution in [0.25, 0.3) is 0 Å². The Morgan fingerprint density at radius 1 is 1.00 bits per heavy atom. The highest BCUT2D eigenvalue weighted by Gasteiger charge is 2.33. The van der Waals surface area contributed by atoms with Gasteiger partial charge in [-0.2, -0.15) is 0 Å². The van der Waals surface area contributed by atoms with Crippen LogP contribution in [0.15, 0.2) is 65.7 Å². The van der Waals surface area contributed by atoms with Gasteiger partial charge in [0.2, 0.25) is 5.91 Å². The summed E-state index contributed by atoms with van der Waals surface area (Å²) in [6, 6.07) is 19.4. The summed E-state index contributed by atoms with van der Waals surface area (Å²) in [5.41, 5.74) is 7.31. The smallest absolute Gasteiger partial charge is 0.249 e. The number of hydrogen-bond acceptors (Lipinski definition) is 2. The molecular weight excluding hydrogens is 272 g/mol. The molecule has 114 valence electrons. The lowest BCUT2D eigenvalue weighted by Crippen LogP contribution is -2.38. The molecule has 2 N–H and O–H groups in total. The van der Waals surface area contributed by atoms with Crippen LogP contribution in [0.3, 0.4) is 0 Å². The Hall–Kier alpha value is -2.42. The maximum atomic E-state index is 12.1. The zero-order valence-electron chi connectivity index (χ0n) is 13.3. The quantitative estimate of drug-likeness (QED) is 0.843. The topological polar surface area (TPSA) is 55.4 Å². The molecule has 3 nitrogen and oxygen atoms in total. The fourth-order valence-corrected chi connectivity index (χ4v) is 2.40. The predicted octanol–water partition coefficient (Wildman–Crippen LogP) is 3.53. The summed E-state index contributed by atoms with van der Waals surface area (Å²) >= 11 is 0. The van der Waals surface area contributed by atoms with Crippen molar-refractivity contribution in [1.29, 1.82) is 0 Å². The van der Waals surface area contributed by atoms with E-state index in [0.29, 0.717) is 0 Å². The van der Waals surface area contributed by atoms with E-state index in [2.05, 4.69) is 13.8 Å². The molecule has 22 heavy (non-hydrogen) atoms. The van der Waals surface area contributed by atoms with E-state index < -0.39 is 11.4 Å². The average Bonchev–Trinajstić information content (AvgIpc) is 2.53. The van der Waals surface area contributed by atoms with Gasteiger partial charge in [-0.15, -0.1) is 0 Å². The molecule has 3 heteroatoms. The van der Waals surface area contributed by atoms with Crippen molar-refractivity contribution in [3.63, 3.8) is 0 Å². The van der Waals surface area contributed by atoms with Gasteiger partial charge in [0.15, 0.2) is 5.54 Å². The zero-order valence-corrected chi connectivity index (χ0v) is 13.3. The summed E-state index contributed by atoms with van der Waals surface area (Å²) < 4.78 is 0. The summed E-state index contributed by atoms with van der Waals surface area (Å²) in [5, 5.41) is 0. The van der Waals surface area contributed by atoms with Crippen molar-refractivity contribution in [1.82, 2.24) is 0 Å². The largest absolute Gasteiger partial charge is 0.367 e. The number of rotatable bonds is 5. The first-order chi connectivity index (χ1) is 10.4. The Morgan fingerprint density at radius 3 is 1.95 bits per heavy atom. The summed E-state index contributed by atoms with van der Waals surface area (Å²) in [5.74, 6) is -0.266. The molecule has 0 aliphatic heterocycles. The predicted molar refractivity (Wildman–Crippen MR) is 90.8 cm³/mol. The van der Waals surface area contributed by atoms with Gasteiger partial charge in [-0.1, -0.05) is 74.5 Å². The molecule has 2 aromatic rings. The summed E-state index contributed by atoms with van der Waals surface area (Å²) in [6.07, 6.45) is 0. The van der Waals surface area contributed by atoms with Crippen molar-refractivity contribution in [2.75, 3.05) is 0 Å². The van der Waals surface area contributed by atoms with Gasteiger partial charge in [0.1, 0.15) is 0 Å². The molecule has 1 amide bonds. The second kappa shape index (κ2) is 6.56. The molecule has 0 radical (unpaired) electrons. The van der Waals surface area contributed by atoms with Crippen molar-refractivity contribution >= 4 is 11.6 Å². The number of nitrogens with two attached hydrogens (primary N) is 1. The standard InChI is InChI=1S/C19H22N2O/c1-14(2)17(15-10-6-4-7-11-15)21-19(3,18(20)22)16-12-8-5-9-13-16/h4-14H,1-3H3,(H2,20,22). The van der Waals surface area contributed by atoms with E-state index in [1.807, 2.05) is 60.7 Å². The van der Waals surface area contributed by atoms with E-state index in [1.165, 1.54) is 0 Å². The summed E-state index contributed by atoms with van der Waals surface area (Å²) in [4.78, 5) is 16.9. The Bertz CT molecular complexity index is 662. The van der Waals surface area contributed by atoms with Crippen LogP contribution in [0.2, 0.25) is 0 Å². The van der Waals surface area contributed by atoms with Crippen molar-refractivity contribution in [2.45, 2.75) is 26.3 Å². The number of carbonyl (C=O) groups excluding carboxylic acids is 1. The zero-order chi connectivity index (χ0) is 16.2. The Balaban J connectivity index is 2.59. The van der Waals surface area contributed by atoms with Gasteiger partial charge in [0.05, 0.1) is 0 Å². The molecule has 0 bridgehead atoms. The van der Waals surface area contributed by atoms with Crippen LogP contribution >= 0.6 is 0 Å². The minimum absolute atomic E-state index is 0.185. The summed E-state index contributed by atoms with van der Waals surface area (Å²) in [7, 11) is 0. The van der Waals surface area contributed by atoms with Crippen LogP contribution in [0, 0.1) is 5.92 Å². The number of nitrogens with zero attached hydrogens (tertiary/aromatic N) is 1. The normalized spacial score (nSPS) is 14.6. The van der Waals surface area contributed by atoms with Gasteiger partial charge in [-0.05, 0) is 24.0 Å². The van der Waals surface area contributed by atoms with Gasteiger partial charge in [0, 0.05) is 5.71 Å². The van der Waals surface area contributed by atoms with Crippen LogP contribution in [0.5, 0.6) is 0 Å². The van der Waals surface area contributed by atoms with E-state index in [9.17, 15) is 4.79 Å². The molecule has 0 saturated heterocycles. The fourth-order valence-electron chi connectivity index (χ4n) is 2.40. The minimum Gasteiger partial charge on any atom is -0.367 e. The Morgan fingerprint density at radius 2 is 1.50 bits per heavy atom. The van der Waals surface area contributed by atoms with Crippen molar-refractivity contribution < 1.29 is 4.79 Å². The average molecular weight is 294 g/mol. The molecule has 2 aromatic carbocycles. The number of benzene rings is 2. The van der Waals surface area contributed by atoms with Gasteiger partial charge in [-0.25, -0.2) is 0 Å². The summed E-state index contributed by atoms with van der Waals surface area (Å²) in [6.45, 7) is 5.91. The highest BCUT2D eigenvalue weighted by molar-refractivity contribution is 6.03. The third kappa shape index (κ3) is 3.25. The maximum absolute atomic E-state index is 12.1. The monoisotopic (exact) mass is 294 g/mol. The number of primary amides is 1. The lowest BCUT2D eigenvalue weighted by atomic mass is 9.90. The van der Waals surface area contributed by atoms with Gasteiger partial charge < -0.3 is 5.73 Å². The van der Waals surface area contributed by atoms with E-state index in [1.54, 1.807) is 6.92 Å². The third-order valence-electron chi connectivity index (χ3n) is 3.78. The van der Waals surface area contributed by atoms with E-state index in [-0.39, 0.29) is 5.92 Å². The van der Waals surface area contributed by atoms with E-state index in [4.69, 9.17) is 10.7 Å². The molecule has 0 spiro atoms. The van der Waals surface area contributed by atoms with Gasteiger partial charge >= 0.3 is 0 Å². The molecule has 1 atom stereocenters. The molecule has 0 aliphatic rings. The third-order valence-corrected chi connectivity index (χ3v) is 3.78. The van der Waals surface area contributed by atoms with Gasteiger partial charge in [0.25, 0.3) is 0 Å². The fraction of sp³-hybridized carbons (Fsp3) is 0.263. The number of hydrogen-bond donors (Lipinski definition) is 1. The van der Waals surface area contributed by atoms with Crippen LogP contribution in [-0.2, 0) is 10.3 Å². The molecule has 2 rings (SSSR count). The number of carbonyl (C=O) groups is 1. The van der Waals surface area contributed by atoms with Crippen LogP contribution < -0.4 is 5.73 Å². The second-order valence-corrected chi connectivity index (χ2v) is 5.82. The van der Waals surface area contributed by atoms with Crippen LogP contribution in [-0.4, -0.2) is 11.6 Å². The SMILES string of the molecule is CC(C)C(=NC(C)(C(N)=O)c1ccccc1)c1ccccc1. The van der Waals surface area contributed by atoms with E-state index in [0.717, 1.165) is 16.8 Å². The maximum Gasteiger partial charge on any atom is 0.249 e. The molecule has 1 unspecified atom stereocenters. The van der Waals surface area contributed by atoms with E-state index >= 15 is 0 Å². The lowest BCUT2D eigenvalue weighted by Gasteiger charge is -2.25. The first-order valence-electron chi connectivity index (χ1n) is 7.45. The molecule has 0 heterocycles. The molecule has 0 aromatic heterocycles. The number of amides is 1. The Labute approximate surface area is 131 Å². The molecule has 0 aliphatic carbocycles. The van der Waals surface area contributed by atoms with Crippen molar-refractivity contribution in [3.05, 3.63) is 71.8 Å². The molecule has 0 fully saturated rings. The van der Waals surface area contributed by atoms with Gasteiger partial charge in [-0.3, -0.25) is 9.79 Å². The molecular formula is C19H22N2O. The van der Waals surface area contributed by atoms with Crippen LogP contribution in [0.1, 0.15) is 31.9 Å². The molecule has 0 saturated carbocycles. The Kier molecular flexibility index (Phi) is 4.76. The first kappa shape index (κ1) is 16.0. The van der Waals surface area contributed by atoms with Crippen molar-refractivity contribution in [2.24, 2.45) is 16.6 Å².